The van der Waals surface area contributed by atoms with Crippen molar-refractivity contribution in [3.8, 4) is 0 Å². The third-order valence-electron chi connectivity index (χ3n) is 3.09. The average molecular weight is 252 g/mol. The summed E-state index contributed by atoms with van der Waals surface area (Å²) >= 11 is 0. The van der Waals surface area contributed by atoms with Gasteiger partial charge in [-0.3, -0.25) is 0 Å². The molecule has 1 aromatic heterocycles. The molecule has 0 aliphatic carbocycles. The molecule has 98 valence electrons. The zero-order valence-electron chi connectivity index (χ0n) is 12.0. The summed E-state index contributed by atoms with van der Waals surface area (Å²) < 4.78 is 0. The van der Waals surface area contributed by atoms with Crippen LogP contribution >= 0.6 is 0 Å². The van der Waals surface area contributed by atoms with Gasteiger partial charge in [0.2, 0.25) is 0 Å². The molecule has 1 heterocycles. The third-order valence-corrected chi connectivity index (χ3v) is 3.09. The Morgan fingerprint density at radius 3 is 2.32 bits per heavy atom. The van der Waals surface area contributed by atoms with E-state index < -0.39 is 0 Å². The molecule has 2 heteroatoms. The highest BCUT2D eigenvalue weighted by Gasteiger charge is 2.12. The van der Waals surface area contributed by atoms with E-state index in [9.17, 15) is 0 Å². The van der Waals surface area contributed by atoms with Crippen LogP contribution in [-0.2, 0) is 5.41 Å². The Hall–Kier alpha value is -1.96. The van der Waals surface area contributed by atoms with Gasteiger partial charge in [0.25, 0.3) is 0 Å². The van der Waals surface area contributed by atoms with E-state index in [1.54, 1.807) is 6.20 Å². The van der Waals surface area contributed by atoms with Crippen molar-refractivity contribution in [2.45, 2.75) is 33.1 Å². The molecular weight excluding hydrogens is 232 g/mol. The van der Waals surface area contributed by atoms with Gasteiger partial charge in [0.05, 0.1) is 0 Å². The molecule has 0 radical (unpaired) electrons. The number of aromatic nitrogens is 1. The Morgan fingerprint density at radius 2 is 1.74 bits per heavy atom. The van der Waals surface area contributed by atoms with Crippen LogP contribution in [0.25, 0.3) is 0 Å². The molecule has 0 aliphatic rings. The van der Waals surface area contributed by atoms with Crippen LogP contribution in [-0.4, -0.2) is 11.2 Å². The zero-order valence-corrected chi connectivity index (χ0v) is 12.0. The highest BCUT2D eigenvalue weighted by molar-refractivity contribution is 5.81. The molecule has 0 saturated carbocycles. The first-order valence-corrected chi connectivity index (χ1v) is 6.53. The van der Waals surface area contributed by atoms with Crippen molar-refractivity contribution in [3.63, 3.8) is 0 Å². The number of hydrogen-bond acceptors (Lipinski definition) is 2. The summed E-state index contributed by atoms with van der Waals surface area (Å²) in [5.74, 6) is 0.780. The molecule has 0 fully saturated rings. The largest absolute Gasteiger partial charge is 0.237 e. The molecule has 0 unspecified atom stereocenters. The SMILES string of the molecule is Cc1cccnc1/N=C/c1ccc(C(C)(C)C)cc1. The molecule has 0 N–H and O–H groups in total. The Bertz CT molecular complexity index is 575. The van der Waals surface area contributed by atoms with Crippen molar-refractivity contribution in [1.82, 2.24) is 4.98 Å². The summed E-state index contributed by atoms with van der Waals surface area (Å²) in [4.78, 5) is 8.68. The second-order valence-electron chi connectivity index (χ2n) is 5.77. The van der Waals surface area contributed by atoms with Crippen molar-refractivity contribution in [3.05, 3.63) is 59.3 Å². The lowest BCUT2D eigenvalue weighted by Crippen LogP contribution is -2.10. The van der Waals surface area contributed by atoms with Crippen molar-refractivity contribution >= 4 is 12.0 Å². The van der Waals surface area contributed by atoms with Gasteiger partial charge in [0, 0.05) is 12.4 Å². The first-order chi connectivity index (χ1) is 8.97. The maximum absolute atomic E-state index is 4.43. The monoisotopic (exact) mass is 252 g/mol. The van der Waals surface area contributed by atoms with Gasteiger partial charge in [-0.05, 0) is 35.1 Å². The first kappa shape index (κ1) is 13.5. The molecule has 2 rings (SSSR count). The Morgan fingerprint density at radius 1 is 1.05 bits per heavy atom. The fraction of sp³-hybridized carbons (Fsp3) is 0.294. The molecule has 0 aliphatic heterocycles. The fourth-order valence-corrected chi connectivity index (χ4v) is 1.82. The number of hydrogen-bond donors (Lipinski definition) is 0. The van der Waals surface area contributed by atoms with Gasteiger partial charge in [-0.25, -0.2) is 9.98 Å². The fourth-order valence-electron chi connectivity index (χ4n) is 1.82. The van der Waals surface area contributed by atoms with E-state index in [0.717, 1.165) is 16.9 Å². The summed E-state index contributed by atoms with van der Waals surface area (Å²) in [7, 11) is 0. The third kappa shape index (κ3) is 3.50. The summed E-state index contributed by atoms with van der Waals surface area (Å²) in [6.45, 7) is 8.66. The Labute approximate surface area is 115 Å². The van der Waals surface area contributed by atoms with E-state index in [0.29, 0.717) is 0 Å². The smallest absolute Gasteiger partial charge is 0.154 e. The van der Waals surface area contributed by atoms with Crippen LogP contribution in [0.5, 0.6) is 0 Å². The summed E-state index contributed by atoms with van der Waals surface area (Å²) in [5, 5.41) is 0. The number of aryl methyl sites for hydroxylation is 1. The molecule has 1 aromatic carbocycles. The number of pyridine rings is 1. The van der Waals surface area contributed by atoms with Crippen LogP contribution in [0.3, 0.4) is 0 Å². The van der Waals surface area contributed by atoms with Gasteiger partial charge < -0.3 is 0 Å². The minimum Gasteiger partial charge on any atom is -0.237 e. The summed E-state index contributed by atoms with van der Waals surface area (Å²) in [6.07, 6.45) is 3.63. The normalized spacial score (nSPS) is 12.0. The molecule has 2 aromatic rings. The second kappa shape index (κ2) is 5.35. The van der Waals surface area contributed by atoms with Gasteiger partial charge in [-0.2, -0.15) is 0 Å². The predicted octanol–water partition coefficient (Wildman–Crippen LogP) is 4.44. The van der Waals surface area contributed by atoms with Crippen LogP contribution in [0.2, 0.25) is 0 Å². The lowest BCUT2D eigenvalue weighted by atomic mass is 9.87. The quantitative estimate of drug-likeness (QED) is 0.725. The average Bonchev–Trinajstić information content (AvgIpc) is 2.37. The Balaban J connectivity index is 2.19. The standard InChI is InChI=1S/C17H20N2/c1-13-6-5-11-18-16(13)19-12-14-7-9-15(10-8-14)17(2,3)4/h5-12H,1-4H3/b19-12+. The molecule has 0 spiro atoms. The van der Waals surface area contributed by atoms with Gasteiger partial charge >= 0.3 is 0 Å². The summed E-state index contributed by atoms with van der Waals surface area (Å²) in [6, 6.07) is 12.5. The second-order valence-corrected chi connectivity index (χ2v) is 5.77. The van der Waals surface area contributed by atoms with E-state index in [1.165, 1.54) is 5.56 Å². The molecule has 0 atom stereocenters. The highest BCUT2D eigenvalue weighted by atomic mass is 14.9. The van der Waals surface area contributed by atoms with Gasteiger partial charge in [0.1, 0.15) is 0 Å². The van der Waals surface area contributed by atoms with E-state index in [1.807, 2.05) is 25.3 Å². The van der Waals surface area contributed by atoms with E-state index in [4.69, 9.17) is 0 Å². The van der Waals surface area contributed by atoms with Crippen molar-refractivity contribution in [2.24, 2.45) is 4.99 Å². The van der Waals surface area contributed by atoms with Gasteiger partial charge in [-0.15, -0.1) is 0 Å². The van der Waals surface area contributed by atoms with Crippen LogP contribution in [0.15, 0.2) is 47.6 Å². The van der Waals surface area contributed by atoms with Gasteiger partial charge in [-0.1, -0.05) is 51.1 Å². The minimum absolute atomic E-state index is 0.188. The molecule has 0 saturated heterocycles. The molecule has 0 bridgehead atoms. The number of aliphatic imine (C=N–C) groups is 1. The van der Waals surface area contributed by atoms with Crippen molar-refractivity contribution in [2.75, 3.05) is 0 Å². The Kier molecular flexibility index (Phi) is 3.79. The topological polar surface area (TPSA) is 25.2 Å². The maximum atomic E-state index is 4.43. The number of rotatable bonds is 2. The summed E-state index contributed by atoms with van der Waals surface area (Å²) in [5.41, 5.74) is 3.70. The highest BCUT2D eigenvalue weighted by Crippen LogP contribution is 2.22. The maximum Gasteiger partial charge on any atom is 0.154 e. The first-order valence-electron chi connectivity index (χ1n) is 6.53. The van der Waals surface area contributed by atoms with E-state index in [2.05, 4.69) is 55.0 Å². The van der Waals surface area contributed by atoms with Crippen molar-refractivity contribution in [1.29, 1.82) is 0 Å². The lowest BCUT2D eigenvalue weighted by Gasteiger charge is -2.18. The lowest BCUT2D eigenvalue weighted by molar-refractivity contribution is 0.590. The molecular formula is C17H20N2. The number of benzene rings is 1. The predicted molar refractivity (Wildman–Crippen MR) is 81.4 cm³/mol. The van der Waals surface area contributed by atoms with Crippen LogP contribution < -0.4 is 0 Å². The van der Waals surface area contributed by atoms with E-state index in [-0.39, 0.29) is 5.41 Å². The van der Waals surface area contributed by atoms with Crippen LogP contribution in [0.4, 0.5) is 5.82 Å². The van der Waals surface area contributed by atoms with Gasteiger partial charge in [0.15, 0.2) is 5.82 Å². The van der Waals surface area contributed by atoms with Crippen LogP contribution in [0, 0.1) is 6.92 Å². The van der Waals surface area contributed by atoms with E-state index >= 15 is 0 Å². The van der Waals surface area contributed by atoms with Crippen molar-refractivity contribution < 1.29 is 0 Å². The number of nitrogens with zero attached hydrogens (tertiary/aromatic N) is 2. The molecule has 0 amide bonds. The zero-order chi connectivity index (χ0) is 13.9. The minimum atomic E-state index is 0.188. The molecule has 2 nitrogen and oxygen atoms in total. The molecule has 19 heavy (non-hydrogen) atoms. The van der Waals surface area contributed by atoms with Crippen LogP contribution in [0.1, 0.15) is 37.5 Å².